The Morgan fingerprint density at radius 1 is 1.24 bits per heavy atom. The number of carboxylic acid groups (broad SMARTS) is 1. The lowest BCUT2D eigenvalue weighted by atomic mass is 10.1. The highest BCUT2D eigenvalue weighted by Crippen LogP contribution is 2.36. The average Bonchev–Trinajstić information content (AvgIpc) is 3.08. The van der Waals surface area contributed by atoms with E-state index in [-0.39, 0.29) is 12.2 Å². The summed E-state index contributed by atoms with van der Waals surface area (Å²) in [7, 11) is 0. The molecule has 29 heavy (non-hydrogen) atoms. The van der Waals surface area contributed by atoms with E-state index in [1.165, 1.54) is 6.20 Å². The monoisotopic (exact) mass is 409 g/mol. The third-order valence-electron chi connectivity index (χ3n) is 4.53. The summed E-state index contributed by atoms with van der Waals surface area (Å²) in [5.74, 6) is -0.922. The van der Waals surface area contributed by atoms with Crippen LogP contribution in [0.4, 0.5) is 13.2 Å². The number of ether oxygens (including phenoxy) is 2. The van der Waals surface area contributed by atoms with Gasteiger partial charge in [0.1, 0.15) is 24.3 Å². The number of benzene rings is 1. The first kappa shape index (κ1) is 18.8. The molecule has 0 saturated carbocycles. The molecule has 1 aromatic carbocycles. The van der Waals surface area contributed by atoms with Gasteiger partial charge < -0.3 is 19.1 Å². The maximum absolute atomic E-state index is 13.5. The normalized spacial score (nSPS) is 13.7. The number of nitrogens with zero attached hydrogens (tertiary/aromatic N) is 3. The minimum Gasteiger partial charge on any atom is -0.486 e. The molecule has 0 unspecified atom stereocenters. The van der Waals surface area contributed by atoms with Gasteiger partial charge >= 0.3 is 12.1 Å². The van der Waals surface area contributed by atoms with Crippen LogP contribution in [0.3, 0.4) is 0 Å². The smallest absolute Gasteiger partial charge is 0.421 e. The van der Waals surface area contributed by atoms with Gasteiger partial charge in [-0.2, -0.15) is 18.3 Å². The summed E-state index contributed by atoms with van der Waals surface area (Å²) in [4.78, 5) is 24.2. The van der Waals surface area contributed by atoms with Crippen molar-refractivity contribution in [3.8, 4) is 22.8 Å². The molecule has 0 atom stereocenters. The van der Waals surface area contributed by atoms with Crippen molar-refractivity contribution < 1.29 is 32.5 Å². The van der Waals surface area contributed by atoms with Gasteiger partial charge in [0.05, 0.1) is 11.9 Å². The fourth-order valence-corrected chi connectivity index (χ4v) is 3.32. The standard InChI is InChI=1S/C18H14F3N3O5/c1-2-23-10(9-3-4-11-12(7-9)29-6-5-28-11)8-24-15(16(23)25)13(18(19,20)21)14(22-24)17(26)27/h3-4,7-8H,2,5-6H2,1H3,(H,26,27). The Morgan fingerprint density at radius 3 is 2.55 bits per heavy atom. The maximum atomic E-state index is 13.5. The summed E-state index contributed by atoms with van der Waals surface area (Å²) in [5, 5.41) is 12.7. The van der Waals surface area contributed by atoms with Gasteiger partial charge in [-0.15, -0.1) is 0 Å². The van der Waals surface area contributed by atoms with Crippen molar-refractivity contribution in [1.82, 2.24) is 14.2 Å². The number of fused-ring (bicyclic) bond motifs is 2. The van der Waals surface area contributed by atoms with Crippen molar-refractivity contribution in [1.29, 1.82) is 0 Å². The molecule has 3 aromatic rings. The number of aromatic carboxylic acids is 1. The summed E-state index contributed by atoms with van der Waals surface area (Å²) in [6, 6.07) is 4.87. The lowest BCUT2D eigenvalue weighted by Crippen LogP contribution is -2.25. The average molecular weight is 409 g/mol. The van der Waals surface area contributed by atoms with Crippen LogP contribution in [0, 0.1) is 0 Å². The molecule has 0 bridgehead atoms. The van der Waals surface area contributed by atoms with E-state index in [0.29, 0.717) is 34.8 Å². The molecular formula is C18H14F3N3O5. The first-order valence-electron chi connectivity index (χ1n) is 8.59. The van der Waals surface area contributed by atoms with Crippen molar-refractivity contribution >= 4 is 11.5 Å². The van der Waals surface area contributed by atoms with Crippen LogP contribution in [-0.4, -0.2) is 38.5 Å². The Kier molecular flexibility index (Phi) is 4.25. The Bertz CT molecular complexity index is 1200. The van der Waals surface area contributed by atoms with E-state index in [1.54, 1.807) is 25.1 Å². The molecule has 152 valence electrons. The Balaban J connectivity index is 2.02. The van der Waals surface area contributed by atoms with Gasteiger partial charge in [-0.05, 0) is 25.1 Å². The molecule has 0 aliphatic carbocycles. The molecule has 0 radical (unpaired) electrons. The van der Waals surface area contributed by atoms with E-state index in [1.807, 2.05) is 0 Å². The van der Waals surface area contributed by atoms with E-state index in [2.05, 4.69) is 5.10 Å². The number of carbonyl (C=O) groups is 1. The largest absolute Gasteiger partial charge is 0.486 e. The minimum atomic E-state index is -5.06. The van der Waals surface area contributed by atoms with Crippen molar-refractivity contribution in [2.45, 2.75) is 19.6 Å². The summed E-state index contributed by atoms with van der Waals surface area (Å²) in [6.45, 7) is 2.39. The highest BCUT2D eigenvalue weighted by Gasteiger charge is 2.42. The molecule has 1 aliphatic heterocycles. The van der Waals surface area contributed by atoms with Crippen LogP contribution in [0.1, 0.15) is 23.0 Å². The zero-order valence-corrected chi connectivity index (χ0v) is 15.0. The van der Waals surface area contributed by atoms with Gasteiger partial charge in [0.25, 0.3) is 5.56 Å². The fourth-order valence-electron chi connectivity index (χ4n) is 3.32. The first-order valence-corrected chi connectivity index (χ1v) is 8.59. The molecule has 2 aromatic heterocycles. The predicted molar refractivity (Wildman–Crippen MR) is 93.5 cm³/mol. The molecule has 1 aliphatic rings. The lowest BCUT2D eigenvalue weighted by molar-refractivity contribution is -0.136. The minimum absolute atomic E-state index is 0.0595. The molecule has 0 saturated heterocycles. The van der Waals surface area contributed by atoms with Crippen molar-refractivity contribution in [2.75, 3.05) is 13.2 Å². The molecule has 0 amide bonds. The second-order valence-electron chi connectivity index (χ2n) is 6.24. The van der Waals surface area contributed by atoms with Crippen LogP contribution in [0.5, 0.6) is 11.5 Å². The van der Waals surface area contributed by atoms with Gasteiger partial charge in [-0.1, -0.05) is 0 Å². The van der Waals surface area contributed by atoms with E-state index in [4.69, 9.17) is 14.6 Å². The number of aromatic nitrogens is 3. The van der Waals surface area contributed by atoms with Crippen molar-refractivity contribution in [3.05, 3.63) is 46.0 Å². The zero-order chi connectivity index (χ0) is 20.9. The number of alkyl halides is 3. The molecule has 8 nitrogen and oxygen atoms in total. The molecule has 1 N–H and O–H groups in total. The van der Waals surface area contributed by atoms with Gasteiger partial charge in [0.2, 0.25) is 0 Å². The highest BCUT2D eigenvalue weighted by atomic mass is 19.4. The van der Waals surface area contributed by atoms with Gasteiger partial charge in [0.15, 0.2) is 17.2 Å². The number of rotatable bonds is 3. The van der Waals surface area contributed by atoms with Crippen molar-refractivity contribution in [3.63, 3.8) is 0 Å². The predicted octanol–water partition coefficient (Wildman–Crippen LogP) is 2.67. The number of halogens is 3. The Morgan fingerprint density at radius 2 is 1.93 bits per heavy atom. The Hall–Kier alpha value is -3.50. The first-order chi connectivity index (χ1) is 13.7. The Labute approximate surface area is 160 Å². The van der Waals surface area contributed by atoms with Crippen LogP contribution in [0.15, 0.2) is 29.2 Å². The van der Waals surface area contributed by atoms with E-state index in [9.17, 15) is 22.8 Å². The quantitative estimate of drug-likeness (QED) is 0.715. The van der Waals surface area contributed by atoms with Crippen LogP contribution in [0.25, 0.3) is 16.8 Å². The zero-order valence-electron chi connectivity index (χ0n) is 15.0. The molecule has 0 fully saturated rings. The molecular weight excluding hydrogens is 395 g/mol. The summed E-state index contributed by atoms with van der Waals surface area (Å²) in [5.41, 5.74) is -3.88. The number of hydrogen-bond donors (Lipinski definition) is 1. The van der Waals surface area contributed by atoms with Gasteiger partial charge in [0, 0.05) is 12.1 Å². The lowest BCUT2D eigenvalue weighted by Gasteiger charge is -2.20. The van der Waals surface area contributed by atoms with Crippen LogP contribution >= 0.6 is 0 Å². The summed E-state index contributed by atoms with van der Waals surface area (Å²) >= 11 is 0. The fraction of sp³-hybridized carbons (Fsp3) is 0.278. The van der Waals surface area contributed by atoms with E-state index in [0.717, 1.165) is 4.57 Å². The molecule has 0 spiro atoms. The number of hydrogen-bond acceptors (Lipinski definition) is 5. The molecule has 4 rings (SSSR count). The topological polar surface area (TPSA) is 95.1 Å². The third-order valence-corrected chi connectivity index (χ3v) is 4.53. The molecule has 11 heteroatoms. The second-order valence-corrected chi connectivity index (χ2v) is 6.24. The van der Waals surface area contributed by atoms with E-state index < -0.39 is 34.5 Å². The maximum Gasteiger partial charge on any atom is 0.421 e. The summed E-state index contributed by atoms with van der Waals surface area (Å²) < 4.78 is 53.3. The van der Waals surface area contributed by atoms with Crippen molar-refractivity contribution in [2.24, 2.45) is 0 Å². The van der Waals surface area contributed by atoms with Gasteiger partial charge in [-0.3, -0.25) is 4.79 Å². The number of carboxylic acids is 1. The van der Waals surface area contributed by atoms with E-state index >= 15 is 0 Å². The summed E-state index contributed by atoms with van der Waals surface area (Å²) in [6.07, 6.45) is -3.86. The third kappa shape index (κ3) is 2.98. The van der Waals surface area contributed by atoms with Gasteiger partial charge in [-0.25, -0.2) is 9.31 Å². The second kappa shape index (κ2) is 6.54. The SMILES string of the molecule is CCn1c(-c2ccc3c(c2)OCCO3)cn2nc(C(=O)O)c(C(F)(F)F)c2c1=O. The van der Waals surface area contributed by atoms with Crippen LogP contribution < -0.4 is 15.0 Å². The molecule has 3 heterocycles. The highest BCUT2D eigenvalue weighted by molar-refractivity contribution is 5.90. The van der Waals surface area contributed by atoms with Crippen LogP contribution in [-0.2, 0) is 12.7 Å². The van der Waals surface area contributed by atoms with Crippen LogP contribution in [0.2, 0.25) is 0 Å².